The lowest BCUT2D eigenvalue weighted by Gasteiger charge is -2.11. The summed E-state index contributed by atoms with van der Waals surface area (Å²) in [6.45, 7) is 2.14. The van der Waals surface area contributed by atoms with Crippen molar-refractivity contribution in [3.8, 4) is 17.2 Å². The second-order valence-corrected chi connectivity index (χ2v) is 6.78. The minimum absolute atomic E-state index is 0.245. The third-order valence-corrected chi connectivity index (χ3v) is 4.39. The Morgan fingerprint density at radius 3 is 2.44 bits per heavy atom. The summed E-state index contributed by atoms with van der Waals surface area (Å²) >= 11 is 0. The van der Waals surface area contributed by atoms with Crippen molar-refractivity contribution in [2.24, 2.45) is 5.10 Å². The fourth-order valence-corrected chi connectivity index (χ4v) is 2.80. The molecule has 0 heterocycles. The van der Waals surface area contributed by atoms with Gasteiger partial charge in [-0.3, -0.25) is 9.59 Å². The van der Waals surface area contributed by atoms with Crippen LogP contribution in [0.4, 0.5) is 5.69 Å². The second kappa shape index (κ2) is 11.8. The maximum absolute atomic E-state index is 12.3. The first-order chi connectivity index (χ1) is 16.5. The van der Waals surface area contributed by atoms with Gasteiger partial charge in [0.15, 0.2) is 11.5 Å². The van der Waals surface area contributed by atoms with Crippen LogP contribution in [0, 0.1) is 0 Å². The Morgan fingerprint density at radius 2 is 1.71 bits per heavy atom. The molecular weight excluding hydrogens is 438 g/mol. The van der Waals surface area contributed by atoms with Crippen LogP contribution in [0.2, 0.25) is 0 Å². The molecule has 0 spiro atoms. The molecule has 0 saturated heterocycles. The lowest BCUT2D eigenvalue weighted by molar-refractivity contribution is -0.136. The number of benzene rings is 3. The Morgan fingerprint density at radius 1 is 0.912 bits per heavy atom. The Kier molecular flexibility index (Phi) is 8.34. The molecule has 174 valence electrons. The van der Waals surface area contributed by atoms with E-state index >= 15 is 0 Å². The molecule has 0 atom stereocenters. The number of anilines is 1. The van der Waals surface area contributed by atoms with Crippen LogP contribution in [0.25, 0.3) is 0 Å². The van der Waals surface area contributed by atoms with E-state index in [0.717, 1.165) is 0 Å². The zero-order valence-corrected chi connectivity index (χ0v) is 18.6. The smallest absolute Gasteiger partial charge is 0.343 e. The number of ether oxygens (including phenoxy) is 3. The van der Waals surface area contributed by atoms with E-state index in [4.69, 9.17) is 14.2 Å². The number of rotatable bonds is 8. The third kappa shape index (κ3) is 6.67. The van der Waals surface area contributed by atoms with E-state index in [0.29, 0.717) is 34.9 Å². The van der Waals surface area contributed by atoms with Crippen molar-refractivity contribution in [3.05, 3.63) is 83.9 Å². The molecule has 0 unspecified atom stereocenters. The molecule has 0 saturated carbocycles. The van der Waals surface area contributed by atoms with Crippen LogP contribution in [-0.4, -0.2) is 37.7 Å². The largest absolute Gasteiger partial charge is 0.497 e. The van der Waals surface area contributed by atoms with Crippen molar-refractivity contribution in [1.82, 2.24) is 5.43 Å². The number of methoxy groups -OCH3 is 1. The molecule has 0 fully saturated rings. The third-order valence-electron chi connectivity index (χ3n) is 4.39. The molecule has 3 aromatic carbocycles. The van der Waals surface area contributed by atoms with Gasteiger partial charge in [0.2, 0.25) is 0 Å². The van der Waals surface area contributed by atoms with Crippen LogP contribution in [0.15, 0.2) is 77.9 Å². The first kappa shape index (κ1) is 24.0. The molecule has 0 aliphatic rings. The molecule has 0 aliphatic carbocycles. The quantitative estimate of drug-likeness (QED) is 0.175. The summed E-state index contributed by atoms with van der Waals surface area (Å²) in [5.41, 5.74) is 3.53. The first-order valence-electron chi connectivity index (χ1n) is 10.3. The topological polar surface area (TPSA) is 115 Å². The van der Waals surface area contributed by atoms with Gasteiger partial charge < -0.3 is 19.5 Å². The number of nitrogens with zero attached hydrogens (tertiary/aromatic N) is 1. The predicted octanol–water partition coefficient (Wildman–Crippen LogP) is 3.40. The second-order valence-electron chi connectivity index (χ2n) is 6.78. The number of amides is 2. The van der Waals surface area contributed by atoms with Gasteiger partial charge in [0, 0.05) is 11.8 Å². The summed E-state index contributed by atoms with van der Waals surface area (Å²) in [5.74, 6) is -1.23. The maximum Gasteiger partial charge on any atom is 0.343 e. The number of hydrazone groups is 1. The lowest BCUT2D eigenvalue weighted by atomic mass is 10.2. The Hall–Kier alpha value is -4.66. The highest BCUT2D eigenvalue weighted by Crippen LogP contribution is 2.29. The molecule has 0 radical (unpaired) electrons. The highest BCUT2D eigenvalue weighted by molar-refractivity contribution is 6.39. The summed E-state index contributed by atoms with van der Waals surface area (Å²) in [6, 6.07) is 20.0. The lowest BCUT2D eigenvalue weighted by Crippen LogP contribution is -2.32. The van der Waals surface area contributed by atoms with E-state index in [1.54, 1.807) is 79.7 Å². The monoisotopic (exact) mass is 461 g/mol. The van der Waals surface area contributed by atoms with E-state index in [2.05, 4.69) is 15.8 Å². The summed E-state index contributed by atoms with van der Waals surface area (Å²) in [5, 5.41) is 6.26. The summed E-state index contributed by atoms with van der Waals surface area (Å²) in [6.07, 6.45) is 1.34. The Labute approximate surface area is 196 Å². The average molecular weight is 461 g/mol. The van der Waals surface area contributed by atoms with Gasteiger partial charge in [-0.1, -0.05) is 24.3 Å². The number of esters is 1. The molecule has 9 nitrogen and oxygen atoms in total. The van der Waals surface area contributed by atoms with E-state index in [1.165, 1.54) is 13.3 Å². The maximum atomic E-state index is 12.3. The van der Waals surface area contributed by atoms with E-state index in [9.17, 15) is 14.4 Å². The standard InChI is InChI=1S/C25H23N3O6/c1-3-33-22-14-17(12-13-21(22)34-25(31)18-8-5-4-6-9-18)16-26-28-24(30)23(29)27-19-10-7-11-20(15-19)32-2/h4-16H,3H2,1-2H3,(H,27,29)(H,28,30). The van der Waals surface area contributed by atoms with Crippen LogP contribution >= 0.6 is 0 Å². The van der Waals surface area contributed by atoms with Gasteiger partial charge in [-0.2, -0.15) is 5.10 Å². The highest BCUT2D eigenvalue weighted by atomic mass is 16.6. The molecule has 3 aromatic rings. The fraction of sp³-hybridized carbons (Fsp3) is 0.120. The van der Waals surface area contributed by atoms with E-state index in [1.807, 2.05) is 0 Å². The number of carbonyl (C=O) groups is 3. The zero-order valence-electron chi connectivity index (χ0n) is 18.6. The minimum Gasteiger partial charge on any atom is -0.497 e. The van der Waals surface area contributed by atoms with E-state index in [-0.39, 0.29) is 5.75 Å². The van der Waals surface area contributed by atoms with Crippen LogP contribution in [0.1, 0.15) is 22.8 Å². The van der Waals surface area contributed by atoms with Crippen molar-refractivity contribution in [2.75, 3.05) is 19.0 Å². The molecule has 34 heavy (non-hydrogen) atoms. The van der Waals surface area contributed by atoms with Gasteiger partial charge in [-0.25, -0.2) is 10.2 Å². The summed E-state index contributed by atoms with van der Waals surface area (Å²) in [7, 11) is 1.50. The molecule has 3 rings (SSSR count). The van der Waals surface area contributed by atoms with Crippen molar-refractivity contribution in [3.63, 3.8) is 0 Å². The van der Waals surface area contributed by atoms with Gasteiger partial charge in [0.05, 0.1) is 25.5 Å². The van der Waals surface area contributed by atoms with Crippen molar-refractivity contribution in [1.29, 1.82) is 0 Å². The molecule has 0 bridgehead atoms. The minimum atomic E-state index is -0.947. The number of hydrogen-bond donors (Lipinski definition) is 2. The molecule has 0 aliphatic heterocycles. The van der Waals surface area contributed by atoms with Crippen LogP contribution in [-0.2, 0) is 9.59 Å². The van der Waals surface area contributed by atoms with Gasteiger partial charge in [0.25, 0.3) is 0 Å². The SMILES string of the molecule is CCOc1cc(C=NNC(=O)C(=O)Nc2cccc(OC)c2)ccc1OC(=O)c1ccccc1. The Bertz CT molecular complexity index is 1190. The summed E-state index contributed by atoms with van der Waals surface area (Å²) in [4.78, 5) is 36.4. The fourth-order valence-electron chi connectivity index (χ4n) is 2.80. The average Bonchev–Trinajstić information content (AvgIpc) is 2.86. The van der Waals surface area contributed by atoms with Gasteiger partial charge in [-0.05, 0) is 55.0 Å². The Balaban J connectivity index is 1.62. The van der Waals surface area contributed by atoms with Gasteiger partial charge in [0.1, 0.15) is 5.75 Å². The molecule has 2 N–H and O–H groups in total. The number of nitrogens with one attached hydrogen (secondary N) is 2. The van der Waals surface area contributed by atoms with Crippen molar-refractivity contribution in [2.45, 2.75) is 6.92 Å². The number of hydrogen-bond acceptors (Lipinski definition) is 7. The molecule has 0 aromatic heterocycles. The highest BCUT2D eigenvalue weighted by Gasteiger charge is 2.14. The van der Waals surface area contributed by atoms with E-state index < -0.39 is 17.8 Å². The van der Waals surface area contributed by atoms with Crippen LogP contribution in [0.5, 0.6) is 17.2 Å². The normalized spacial score (nSPS) is 10.4. The number of carbonyl (C=O) groups excluding carboxylic acids is 3. The van der Waals surface area contributed by atoms with Crippen molar-refractivity contribution < 1.29 is 28.6 Å². The molecule has 9 heteroatoms. The zero-order chi connectivity index (χ0) is 24.3. The summed E-state index contributed by atoms with van der Waals surface area (Å²) < 4.78 is 16.1. The van der Waals surface area contributed by atoms with Gasteiger partial charge in [-0.15, -0.1) is 0 Å². The molecular formula is C25H23N3O6. The molecule has 2 amide bonds. The predicted molar refractivity (Wildman–Crippen MR) is 126 cm³/mol. The van der Waals surface area contributed by atoms with Crippen molar-refractivity contribution >= 4 is 29.7 Å². The first-order valence-corrected chi connectivity index (χ1v) is 10.3. The van der Waals surface area contributed by atoms with Crippen LogP contribution < -0.4 is 25.0 Å². The van der Waals surface area contributed by atoms with Gasteiger partial charge >= 0.3 is 17.8 Å². The van der Waals surface area contributed by atoms with Crippen LogP contribution in [0.3, 0.4) is 0 Å².